The molecule has 0 aliphatic carbocycles. The summed E-state index contributed by atoms with van der Waals surface area (Å²) in [4.78, 5) is 0. The van der Waals surface area contributed by atoms with Crippen LogP contribution in [0, 0.1) is 0 Å². The van der Waals surface area contributed by atoms with Crippen LogP contribution in [0.15, 0.2) is 47.1 Å². The minimum Gasteiger partial charge on any atom is -0.464 e. The van der Waals surface area contributed by atoms with E-state index in [-0.39, 0.29) is 0 Å². The lowest BCUT2D eigenvalue weighted by atomic mass is 10.1. The Bertz CT molecular complexity index is 570. The van der Waals surface area contributed by atoms with Gasteiger partial charge in [-0.1, -0.05) is 24.3 Å². The van der Waals surface area contributed by atoms with Crippen LogP contribution < -0.4 is 0 Å². The minimum atomic E-state index is -4.03. The summed E-state index contributed by atoms with van der Waals surface area (Å²) >= 11 is 0. The van der Waals surface area contributed by atoms with Gasteiger partial charge in [0.2, 0.25) is 0 Å². The molecule has 2 rings (SSSR count). The van der Waals surface area contributed by atoms with Crippen LogP contribution >= 0.6 is 0 Å². The van der Waals surface area contributed by atoms with Gasteiger partial charge in [0.15, 0.2) is 0 Å². The predicted molar refractivity (Wildman–Crippen MR) is 59.4 cm³/mol. The molecule has 5 heteroatoms. The molecule has 0 saturated heterocycles. The normalized spacial score (nSPS) is 11.6. The molecule has 16 heavy (non-hydrogen) atoms. The Balaban J connectivity index is 2.47. The van der Waals surface area contributed by atoms with Crippen molar-refractivity contribution in [3.63, 3.8) is 0 Å². The fourth-order valence-electron chi connectivity index (χ4n) is 1.51. The van der Waals surface area contributed by atoms with Crippen molar-refractivity contribution in [2.24, 2.45) is 0 Å². The van der Waals surface area contributed by atoms with Crippen molar-refractivity contribution >= 4 is 10.1 Å². The van der Waals surface area contributed by atoms with Crippen LogP contribution in [0.2, 0.25) is 0 Å². The molecule has 0 bridgehead atoms. The van der Waals surface area contributed by atoms with E-state index in [1.807, 2.05) is 0 Å². The summed E-state index contributed by atoms with van der Waals surface area (Å²) < 4.78 is 35.7. The molecule has 1 aromatic heterocycles. The molecule has 1 heterocycles. The van der Waals surface area contributed by atoms with Crippen LogP contribution in [0.4, 0.5) is 0 Å². The van der Waals surface area contributed by atoms with E-state index in [0.29, 0.717) is 16.9 Å². The highest BCUT2D eigenvalue weighted by Crippen LogP contribution is 2.25. The van der Waals surface area contributed by atoms with E-state index in [1.54, 1.807) is 36.4 Å². The topological polar surface area (TPSA) is 67.5 Å². The molecule has 0 aliphatic heterocycles. The molecule has 0 fully saturated rings. The molecule has 0 spiro atoms. The molecule has 0 saturated carbocycles. The average Bonchev–Trinajstić information content (AvgIpc) is 2.69. The van der Waals surface area contributed by atoms with E-state index < -0.39 is 15.9 Å². The molecule has 0 aliphatic rings. The van der Waals surface area contributed by atoms with E-state index in [2.05, 4.69) is 0 Å². The minimum absolute atomic E-state index is 0.413. The van der Waals surface area contributed by atoms with Crippen molar-refractivity contribution in [3.8, 4) is 11.3 Å². The maximum absolute atomic E-state index is 10.8. The Morgan fingerprint density at radius 2 is 1.88 bits per heavy atom. The second-order valence-electron chi connectivity index (χ2n) is 3.36. The summed E-state index contributed by atoms with van der Waals surface area (Å²) in [5.41, 5.74) is 1.19. The van der Waals surface area contributed by atoms with Gasteiger partial charge < -0.3 is 4.42 Å². The number of hydrogen-bond donors (Lipinski definition) is 1. The molecular weight excluding hydrogens is 228 g/mol. The first-order chi connectivity index (χ1) is 7.56. The van der Waals surface area contributed by atoms with Crippen molar-refractivity contribution in [1.29, 1.82) is 0 Å². The van der Waals surface area contributed by atoms with Crippen molar-refractivity contribution in [1.82, 2.24) is 0 Å². The van der Waals surface area contributed by atoms with Gasteiger partial charge in [-0.15, -0.1) is 0 Å². The molecule has 0 unspecified atom stereocenters. The van der Waals surface area contributed by atoms with Crippen LogP contribution in [-0.4, -0.2) is 13.0 Å². The third kappa shape index (κ3) is 2.50. The van der Waals surface area contributed by atoms with Crippen molar-refractivity contribution in [2.75, 3.05) is 0 Å². The summed E-state index contributed by atoms with van der Waals surface area (Å²) in [6.45, 7) is 0. The Morgan fingerprint density at radius 1 is 1.12 bits per heavy atom. The van der Waals surface area contributed by atoms with Crippen LogP contribution in [-0.2, 0) is 15.9 Å². The molecule has 0 radical (unpaired) electrons. The number of hydrogen-bond acceptors (Lipinski definition) is 3. The highest BCUT2D eigenvalue weighted by Gasteiger charge is 2.12. The largest absolute Gasteiger partial charge is 0.464 e. The highest BCUT2D eigenvalue weighted by molar-refractivity contribution is 7.85. The van der Waals surface area contributed by atoms with Gasteiger partial charge in [0.25, 0.3) is 10.1 Å². The zero-order chi connectivity index (χ0) is 11.6. The lowest BCUT2D eigenvalue weighted by molar-refractivity contribution is 0.482. The molecular formula is C11H10O4S. The molecule has 4 nitrogen and oxygen atoms in total. The zero-order valence-electron chi connectivity index (χ0n) is 8.33. The van der Waals surface area contributed by atoms with E-state index in [9.17, 15) is 8.42 Å². The zero-order valence-corrected chi connectivity index (χ0v) is 9.15. The van der Waals surface area contributed by atoms with Gasteiger partial charge in [0, 0.05) is 5.56 Å². The first-order valence-electron chi connectivity index (χ1n) is 4.63. The van der Waals surface area contributed by atoms with Gasteiger partial charge in [-0.25, -0.2) is 0 Å². The van der Waals surface area contributed by atoms with Crippen molar-refractivity contribution in [3.05, 3.63) is 48.2 Å². The summed E-state index contributed by atoms with van der Waals surface area (Å²) in [5.74, 6) is 0.170. The fourth-order valence-corrected chi connectivity index (χ4v) is 2.16. The molecule has 84 valence electrons. The predicted octanol–water partition coefficient (Wildman–Crippen LogP) is 2.33. The number of rotatable bonds is 3. The van der Waals surface area contributed by atoms with Crippen LogP contribution in [0.25, 0.3) is 11.3 Å². The van der Waals surface area contributed by atoms with Gasteiger partial charge in [0.1, 0.15) is 11.5 Å². The number of benzene rings is 1. The Labute approximate surface area is 93.3 Å². The van der Waals surface area contributed by atoms with E-state index in [0.717, 1.165) is 0 Å². The van der Waals surface area contributed by atoms with Gasteiger partial charge in [-0.2, -0.15) is 8.42 Å². The van der Waals surface area contributed by atoms with Gasteiger partial charge >= 0.3 is 0 Å². The lowest BCUT2D eigenvalue weighted by Gasteiger charge is -2.04. The standard InChI is InChI=1S/C11H10O4S/c12-16(13,14)8-9-4-1-2-5-10(9)11-6-3-7-15-11/h1-7H,8H2,(H,12,13,14). The molecule has 0 amide bonds. The van der Waals surface area contributed by atoms with Crippen LogP contribution in [0.1, 0.15) is 5.56 Å². The second kappa shape index (κ2) is 4.11. The maximum atomic E-state index is 10.8. The van der Waals surface area contributed by atoms with Crippen molar-refractivity contribution in [2.45, 2.75) is 5.75 Å². The second-order valence-corrected chi connectivity index (χ2v) is 4.81. The summed E-state index contributed by atoms with van der Waals surface area (Å²) in [7, 11) is -4.03. The summed E-state index contributed by atoms with van der Waals surface area (Å²) in [6, 6.07) is 10.4. The third-order valence-corrected chi connectivity index (χ3v) is 2.82. The quantitative estimate of drug-likeness (QED) is 0.833. The first kappa shape index (κ1) is 10.9. The lowest BCUT2D eigenvalue weighted by Crippen LogP contribution is -2.02. The molecule has 0 atom stereocenters. The van der Waals surface area contributed by atoms with Crippen molar-refractivity contribution < 1.29 is 17.4 Å². The summed E-state index contributed by atoms with van der Waals surface area (Å²) in [5, 5.41) is 0. The first-order valence-corrected chi connectivity index (χ1v) is 6.24. The van der Waals surface area contributed by atoms with Crippen LogP contribution in [0.3, 0.4) is 0 Å². The molecule has 1 aromatic carbocycles. The molecule has 1 N–H and O–H groups in total. The monoisotopic (exact) mass is 238 g/mol. The Hall–Kier alpha value is -1.59. The van der Waals surface area contributed by atoms with E-state index in [4.69, 9.17) is 8.97 Å². The van der Waals surface area contributed by atoms with E-state index >= 15 is 0 Å². The van der Waals surface area contributed by atoms with Gasteiger partial charge in [-0.3, -0.25) is 4.55 Å². The Kier molecular flexibility index (Phi) is 2.80. The van der Waals surface area contributed by atoms with Crippen LogP contribution in [0.5, 0.6) is 0 Å². The summed E-state index contributed by atoms with van der Waals surface area (Å²) in [6.07, 6.45) is 1.51. The van der Waals surface area contributed by atoms with Gasteiger partial charge in [-0.05, 0) is 17.7 Å². The average molecular weight is 238 g/mol. The number of furan rings is 1. The van der Waals surface area contributed by atoms with Gasteiger partial charge in [0.05, 0.1) is 6.26 Å². The third-order valence-electron chi connectivity index (χ3n) is 2.14. The fraction of sp³-hybridized carbons (Fsp3) is 0.0909. The smallest absolute Gasteiger partial charge is 0.269 e. The van der Waals surface area contributed by atoms with E-state index in [1.165, 1.54) is 6.26 Å². The molecule has 2 aromatic rings. The Morgan fingerprint density at radius 3 is 2.50 bits per heavy atom. The maximum Gasteiger partial charge on any atom is 0.269 e. The highest BCUT2D eigenvalue weighted by atomic mass is 32.2. The SMILES string of the molecule is O=S(=O)(O)Cc1ccccc1-c1ccco1.